The highest BCUT2D eigenvalue weighted by molar-refractivity contribution is 5.26. The topological polar surface area (TPSA) is 177 Å². The molecule has 0 amide bonds. The predicted molar refractivity (Wildman–Crippen MR) is 182 cm³/mol. The Balaban J connectivity index is 0.915. The molecule has 290 valence electrons. The molecule has 0 bridgehead atoms. The molecule has 3 saturated carbocycles. The third-order valence-electron chi connectivity index (χ3n) is 15.6. The molecule has 1 spiro atoms. The number of hydrogen-bond donors (Lipinski definition) is 6. The Morgan fingerprint density at radius 2 is 1.57 bits per heavy atom. The second kappa shape index (κ2) is 13.5. The Hall–Kier alpha value is -0.740. The molecular weight excluding hydrogens is 660 g/mol. The normalized spacial score (nSPS) is 58.4. The summed E-state index contributed by atoms with van der Waals surface area (Å²) in [7, 11) is 0. The fraction of sp³-hybridized carbons (Fsp3) is 0.949. The summed E-state index contributed by atoms with van der Waals surface area (Å²) < 4.78 is 37.1. The van der Waals surface area contributed by atoms with Crippen molar-refractivity contribution in [1.29, 1.82) is 0 Å². The molecule has 0 radical (unpaired) electrons. The van der Waals surface area contributed by atoms with E-state index in [0.29, 0.717) is 35.5 Å². The first-order valence-corrected chi connectivity index (χ1v) is 19.8. The van der Waals surface area contributed by atoms with Crippen LogP contribution >= 0.6 is 0 Å². The number of fused-ring (bicyclic) bond motifs is 7. The van der Waals surface area contributed by atoms with Crippen LogP contribution in [0.5, 0.6) is 0 Å². The quantitative estimate of drug-likeness (QED) is 0.229. The summed E-state index contributed by atoms with van der Waals surface area (Å²) in [5, 5.41) is 63.1. The largest absolute Gasteiger partial charge is 0.394 e. The molecule has 51 heavy (non-hydrogen) atoms. The average molecular weight is 723 g/mol. The van der Waals surface area contributed by atoms with E-state index in [9.17, 15) is 30.6 Å². The van der Waals surface area contributed by atoms with Crippen LogP contribution in [-0.2, 0) is 28.4 Å². The Morgan fingerprint density at radius 1 is 0.824 bits per heavy atom. The van der Waals surface area contributed by atoms with Gasteiger partial charge >= 0.3 is 0 Å². The van der Waals surface area contributed by atoms with E-state index >= 15 is 0 Å². The Bertz CT molecular complexity index is 1300. The van der Waals surface area contributed by atoms with Gasteiger partial charge in [-0.25, -0.2) is 0 Å². The molecule has 21 atom stereocenters. The van der Waals surface area contributed by atoms with Gasteiger partial charge < -0.3 is 59.1 Å². The van der Waals surface area contributed by atoms with Crippen molar-refractivity contribution in [2.24, 2.45) is 46.3 Å². The van der Waals surface area contributed by atoms with Crippen LogP contribution in [0.15, 0.2) is 11.6 Å². The van der Waals surface area contributed by atoms with Crippen LogP contribution in [0, 0.1) is 46.3 Å². The summed E-state index contributed by atoms with van der Waals surface area (Å²) >= 11 is 0. The molecule has 4 saturated heterocycles. The highest BCUT2D eigenvalue weighted by Crippen LogP contribution is 2.70. The molecule has 7 fully saturated rings. The van der Waals surface area contributed by atoms with Gasteiger partial charge in [0.2, 0.25) is 0 Å². The highest BCUT2D eigenvalue weighted by Gasteiger charge is 2.68. The lowest BCUT2D eigenvalue weighted by atomic mass is 9.47. The van der Waals surface area contributed by atoms with E-state index in [1.807, 2.05) is 0 Å². The van der Waals surface area contributed by atoms with Gasteiger partial charge in [0, 0.05) is 12.3 Å². The van der Waals surface area contributed by atoms with Gasteiger partial charge in [0.05, 0.1) is 31.5 Å². The molecule has 8 aliphatic rings. The van der Waals surface area contributed by atoms with Gasteiger partial charge in [-0.2, -0.15) is 0 Å². The lowest BCUT2D eigenvalue weighted by Gasteiger charge is -2.58. The second-order valence-electron chi connectivity index (χ2n) is 18.3. The molecule has 4 aliphatic heterocycles. The highest BCUT2D eigenvalue weighted by atomic mass is 16.7. The van der Waals surface area contributed by atoms with Crippen molar-refractivity contribution in [2.75, 3.05) is 13.2 Å². The van der Waals surface area contributed by atoms with E-state index in [4.69, 9.17) is 28.4 Å². The summed E-state index contributed by atoms with van der Waals surface area (Å²) in [5.74, 6) is 2.99. The number of aliphatic hydroxyl groups is 6. The average Bonchev–Trinajstić information content (AvgIpc) is 3.56. The van der Waals surface area contributed by atoms with E-state index in [-0.39, 0.29) is 23.0 Å². The van der Waals surface area contributed by atoms with Crippen molar-refractivity contribution >= 4 is 0 Å². The number of hydrogen-bond acceptors (Lipinski definition) is 12. The van der Waals surface area contributed by atoms with Crippen LogP contribution in [-0.4, -0.2) is 123 Å². The van der Waals surface area contributed by atoms with Gasteiger partial charge in [-0.05, 0) is 98.7 Å². The first-order chi connectivity index (χ1) is 24.2. The SMILES string of the molecule is C[C@H]1CC[C@@]2(OC1)O[C@H]1C[C@H]3[C@@H]4CC=C5C[C@@H](O[C@H]6O[C@H](CO)[C@@H](O[C@@H]7O[C@@H](C)[C@H](O)[C@@H](O)[C@H]7O)[C@H](O)[C@H]6O)CC[C@]5(C)[C@H]4CC[C@]3(C)[C@H]1[C@@H]2C. The summed E-state index contributed by atoms with van der Waals surface area (Å²) in [6, 6.07) is 0. The molecule has 0 aromatic rings. The third kappa shape index (κ3) is 5.84. The number of ether oxygens (including phenoxy) is 6. The first kappa shape index (κ1) is 37.2. The Kier molecular flexibility index (Phi) is 9.83. The molecule has 4 aliphatic carbocycles. The zero-order valence-corrected chi connectivity index (χ0v) is 30.9. The van der Waals surface area contributed by atoms with Crippen molar-refractivity contribution in [1.82, 2.24) is 0 Å². The predicted octanol–water partition coefficient (Wildman–Crippen LogP) is 2.39. The minimum Gasteiger partial charge on any atom is -0.394 e. The molecule has 6 N–H and O–H groups in total. The van der Waals surface area contributed by atoms with Crippen LogP contribution in [0.2, 0.25) is 0 Å². The van der Waals surface area contributed by atoms with Crippen molar-refractivity contribution in [3.05, 3.63) is 11.6 Å². The van der Waals surface area contributed by atoms with Gasteiger partial charge in [-0.3, -0.25) is 0 Å². The molecule has 4 heterocycles. The maximum atomic E-state index is 11.1. The lowest BCUT2D eigenvalue weighted by molar-refractivity contribution is -0.360. The number of rotatable bonds is 5. The summed E-state index contributed by atoms with van der Waals surface area (Å²) in [6.45, 7) is 11.5. The van der Waals surface area contributed by atoms with Crippen molar-refractivity contribution in [3.63, 3.8) is 0 Å². The fourth-order valence-electron chi connectivity index (χ4n) is 12.6. The van der Waals surface area contributed by atoms with Gasteiger partial charge in [0.25, 0.3) is 0 Å². The van der Waals surface area contributed by atoms with E-state index in [1.165, 1.54) is 31.8 Å². The van der Waals surface area contributed by atoms with Gasteiger partial charge in [-0.15, -0.1) is 0 Å². The zero-order valence-electron chi connectivity index (χ0n) is 30.9. The Morgan fingerprint density at radius 3 is 2.29 bits per heavy atom. The molecule has 0 unspecified atom stereocenters. The maximum Gasteiger partial charge on any atom is 0.187 e. The summed E-state index contributed by atoms with van der Waals surface area (Å²) in [5.41, 5.74) is 1.75. The van der Waals surface area contributed by atoms with Crippen LogP contribution < -0.4 is 0 Å². The molecular formula is C39H62O12. The molecule has 0 aromatic heterocycles. The standard InChI is InChI=1S/C39H62O12/c1-18-8-13-39(46-17-18)19(2)28-26(51-39)15-25-23-7-6-21-14-22(9-11-37(21,4)24(23)10-12-38(25,28)5)48-36-33(45)31(43)34(27(16-40)49-36)50-35-32(44)30(42)29(41)20(3)47-35/h6,18-20,22-36,40-45H,7-17H2,1-5H3/t18-,19-,20-,22-,23+,24-,25-,26-,27+,28-,29-,30+,31+,32+,33+,34+,35-,36-,37-,38-,39+/m0/s1. The monoisotopic (exact) mass is 722 g/mol. The smallest absolute Gasteiger partial charge is 0.187 e. The van der Waals surface area contributed by atoms with E-state index in [2.05, 4.69) is 33.8 Å². The van der Waals surface area contributed by atoms with E-state index in [0.717, 1.165) is 45.1 Å². The van der Waals surface area contributed by atoms with Gasteiger partial charge in [-0.1, -0.05) is 39.3 Å². The third-order valence-corrected chi connectivity index (χ3v) is 15.6. The van der Waals surface area contributed by atoms with Crippen LogP contribution in [0.4, 0.5) is 0 Å². The van der Waals surface area contributed by atoms with E-state index in [1.54, 1.807) is 0 Å². The molecule has 12 heteroatoms. The van der Waals surface area contributed by atoms with E-state index < -0.39 is 73.8 Å². The lowest BCUT2D eigenvalue weighted by Crippen LogP contribution is -2.64. The Labute approximate surface area is 301 Å². The second-order valence-corrected chi connectivity index (χ2v) is 18.3. The minimum atomic E-state index is -1.61. The van der Waals surface area contributed by atoms with Crippen molar-refractivity contribution in [3.8, 4) is 0 Å². The zero-order chi connectivity index (χ0) is 36.2. The minimum absolute atomic E-state index is 0.0757. The summed E-state index contributed by atoms with van der Waals surface area (Å²) in [4.78, 5) is 0. The summed E-state index contributed by atoms with van der Waals surface area (Å²) in [6.07, 6.45) is -1.53. The number of allylic oxidation sites excluding steroid dienone is 1. The maximum absolute atomic E-state index is 11.1. The van der Waals surface area contributed by atoms with Gasteiger partial charge in [0.1, 0.15) is 42.7 Å². The van der Waals surface area contributed by atoms with Crippen molar-refractivity contribution < 1.29 is 59.1 Å². The van der Waals surface area contributed by atoms with Crippen molar-refractivity contribution in [2.45, 2.75) is 172 Å². The molecule has 12 nitrogen and oxygen atoms in total. The van der Waals surface area contributed by atoms with Gasteiger partial charge in [0.15, 0.2) is 18.4 Å². The molecule has 8 rings (SSSR count). The van der Waals surface area contributed by atoms with Crippen LogP contribution in [0.1, 0.15) is 92.4 Å². The first-order valence-electron chi connectivity index (χ1n) is 19.8. The number of aliphatic hydroxyl groups excluding tert-OH is 6. The fourth-order valence-corrected chi connectivity index (χ4v) is 12.6. The van der Waals surface area contributed by atoms with Crippen LogP contribution in [0.25, 0.3) is 0 Å². The van der Waals surface area contributed by atoms with Crippen LogP contribution in [0.3, 0.4) is 0 Å². The molecule has 0 aromatic carbocycles.